The molecule has 1 saturated heterocycles. The van der Waals surface area contributed by atoms with Crippen LogP contribution in [0.3, 0.4) is 0 Å². The molecule has 0 spiro atoms. The van der Waals surface area contributed by atoms with Crippen molar-refractivity contribution in [1.29, 1.82) is 0 Å². The summed E-state index contributed by atoms with van der Waals surface area (Å²) in [6.45, 7) is 2.01. The van der Waals surface area contributed by atoms with Crippen LogP contribution in [0.25, 0.3) is 0 Å². The second kappa shape index (κ2) is 10.0. The van der Waals surface area contributed by atoms with E-state index in [4.69, 9.17) is 9.47 Å². The summed E-state index contributed by atoms with van der Waals surface area (Å²) in [5.74, 6) is 2.76. The average Bonchev–Trinajstić information content (AvgIpc) is 3.15. The van der Waals surface area contributed by atoms with E-state index in [2.05, 4.69) is 15.6 Å². The molecule has 0 saturated carbocycles. The number of nitrogens with one attached hydrogen (secondary N) is 2. The van der Waals surface area contributed by atoms with Gasteiger partial charge < -0.3 is 20.1 Å². The van der Waals surface area contributed by atoms with Crippen LogP contribution in [-0.4, -0.2) is 63.6 Å². The molecule has 0 aromatic heterocycles. The molecule has 1 fully saturated rings. The van der Waals surface area contributed by atoms with E-state index in [0.717, 1.165) is 61.8 Å². The fraction of sp³-hybridized carbons (Fsp3) is 0.650. The van der Waals surface area contributed by atoms with E-state index in [0.29, 0.717) is 19.0 Å². The van der Waals surface area contributed by atoms with E-state index in [1.807, 2.05) is 18.2 Å². The SMILES string of the molecule is CN=C(NCCc1ccc2c(c1)OCO2)NCCC1CCN(CC(F)(F)F)CC1. The summed E-state index contributed by atoms with van der Waals surface area (Å²) in [5.41, 5.74) is 1.16. The van der Waals surface area contributed by atoms with Crippen molar-refractivity contribution in [1.82, 2.24) is 15.5 Å². The first-order valence-corrected chi connectivity index (χ1v) is 10.0. The average molecular weight is 414 g/mol. The van der Waals surface area contributed by atoms with Gasteiger partial charge >= 0.3 is 6.18 Å². The van der Waals surface area contributed by atoms with E-state index in [-0.39, 0.29) is 6.79 Å². The highest BCUT2D eigenvalue weighted by Crippen LogP contribution is 2.32. The first-order valence-electron chi connectivity index (χ1n) is 10.0. The Balaban J connectivity index is 1.30. The lowest BCUT2D eigenvalue weighted by Crippen LogP contribution is -2.42. The van der Waals surface area contributed by atoms with Crippen molar-refractivity contribution in [3.63, 3.8) is 0 Å². The molecule has 0 bridgehead atoms. The van der Waals surface area contributed by atoms with Crippen LogP contribution in [0.1, 0.15) is 24.8 Å². The molecular weight excluding hydrogens is 385 g/mol. The van der Waals surface area contributed by atoms with Crippen molar-refractivity contribution in [2.24, 2.45) is 10.9 Å². The number of aliphatic imine (C=N–C) groups is 1. The summed E-state index contributed by atoms with van der Waals surface area (Å²) in [6.07, 6.45) is -0.716. The van der Waals surface area contributed by atoms with Crippen molar-refractivity contribution in [3.05, 3.63) is 23.8 Å². The van der Waals surface area contributed by atoms with Gasteiger partial charge in [0.15, 0.2) is 17.5 Å². The maximum absolute atomic E-state index is 12.5. The molecule has 1 aromatic rings. The number of halogens is 3. The first kappa shape index (κ1) is 21.5. The Kier molecular flexibility index (Phi) is 7.46. The number of hydrogen-bond acceptors (Lipinski definition) is 4. The zero-order valence-corrected chi connectivity index (χ0v) is 16.7. The Morgan fingerprint density at radius 3 is 2.59 bits per heavy atom. The summed E-state index contributed by atoms with van der Waals surface area (Å²) < 4.78 is 48.1. The van der Waals surface area contributed by atoms with E-state index >= 15 is 0 Å². The summed E-state index contributed by atoms with van der Waals surface area (Å²) in [5, 5.41) is 6.58. The Labute approximate surface area is 169 Å². The van der Waals surface area contributed by atoms with Gasteiger partial charge in [-0.2, -0.15) is 13.2 Å². The molecule has 162 valence electrons. The minimum absolute atomic E-state index is 0.273. The van der Waals surface area contributed by atoms with Crippen molar-refractivity contribution in [2.75, 3.05) is 46.6 Å². The molecule has 0 radical (unpaired) electrons. The number of alkyl halides is 3. The van der Waals surface area contributed by atoms with Crippen LogP contribution in [0, 0.1) is 5.92 Å². The zero-order valence-electron chi connectivity index (χ0n) is 16.7. The Morgan fingerprint density at radius 1 is 1.14 bits per heavy atom. The lowest BCUT2D eigenvalue weighted by atomic mass is 9.93. The monoisotopic (exact) mass is 414 g/mol. The number of ether oxygens (including phenoxy) is 2. The van der Waals surface area contributed by atoms with Gasteiger partial charge in [0.05, 0.1) is 6.54 Å². The molecule has 2 heterocycles. The number of piperidine rings is 1. The van der Waals surface area contributed by atoms with Gasteiger partial charge in [-0.3, -0.25) is 9.89 Å². The topological polar surface area (TPSA) is 58.1 Å². The number of nitrogens with zero attached hydrogens (tertiary/aromatic N) is 2. The Bertz CT molecular complexity index is 689. The third-order valence-electron chi connectivity index (χ3n) is 5.32. The van der Waals surface area contributed by atoms with Gasteiger partial charge in [-0.25, -0.2) is 0 Å². The molecule has 0 aliphatic carbocycles. The molecule has 0 atom stereocenters. The second-order valence-corrected chi connectivity index (χ2v) is 7.49. The molecule has 29 heavy (non-hydrogen) atoms. The molecule has 0 amide bonds. The van der Waals surface area contributed by atoms with Crippen LogP contribution in [0.2, 0.25) is 0 Å². The highest BCUT2D eigenvalue weighted by Gasteiger charge is 2.32. The number of guanidine groups is 1. The van der Waals surface area contributed by atoms with Crippen LogP contribution < -0.4 is 20.1 Å². The molecular formula is C20H29F3N4O2. The van der Waals surface area contributed by atoms with E-state index < -0.39 is 12.7 Å². The molecule has 2 N–H and O–H groups in total. The fourth-order valence-electron chi connectivity index (χ4n) is 3.72. The Hall–Kier alpha value is -2.16. The second-order valence-electron chi connectivity index (χ2n) is 7.49. The molecule has 2 aliphatic heterocycles. The zero-order chi connectivity index (χ0) is 20.7. The van der Waals surface area contributed by atoms with Crippen molar-refractivity contribution in [2.45, 2.75) is 31.9 Å². The number of benzene rings is 1. The maximum Gasteiger partial charge on any atom is 0.401 e. The Morgan fingerprint density at radius 2 is 1.86 bits per heavy atom. The number of fused-ring (bicyclic) bond motifs is 1. The largest absolute Gasteiger partial charge is 0.454 e. The molecule has 3 rings (SSSR count). The predicted molar refractivity (Wildman–Crippen MR) is 105 cm³/mol. The van der Waals surface area contributed by atoms with Gasteiger partial charge in [0, 0.05) is 20.1 Å². The summed E-state index contributed by atoms with van der Waals surface area (Å²) >= 11 is 0. The lowest BCUT2D eigenvalue weighted by molar-refractivity contribution is -0.148. The quantitative estimate of drug-likeness (QED) is 0.531. The van der Waals surface area contributed by atoms with Gasteiger partial charge in [0.2, 0.25) is 6.79 Å². The van der Waals surface area contributed by atoms with Crippen LogP contribution in [-0.2, 0) is 6.42 Å². The minimum atomic E-state index is -4.10. The van der Waals surface area contributed by atoms with Gasteiger partial charge in [-0.05, 0) is 62.4 Å². The van der Waals surface area contributed by atoms with E-state index in [9.17, 15) is 13.2 Å². The molecule has 2 aliphatic rings. The van der Waals surface area contributed by atoms with Crippen molar-refractivity contribution < 1.29 is 22.6 Å². The highest BCUT2D eigenvalue weighted by atomic mass is 19.4. The smallest absolute Gasteiger partial charge is 0.401 e. The van der Waals surface area contributed by atoms with Crippen molar-refractivity contribution >= 4 is 5.96 Å². The van der Waals surface area contributed by atoms with Gasteiger partial charge in [-0.15, -0.1) is 0 Å². The molecule has 6 nitrogen and oxygen atoms in total. The first-order chi connectivity index (χ1) is 13.9. The third-order valence-corrected chi connectivity index (χ3v) is 5.32. The van der Waals surface area contributed by atoms with Gasteiger partial charge in [-0.1, -0.05) is 6.07 Å². The normalized spacial score (nSPS) is 18.1. The van der Waals surface area contributed by atoms with Crippen LogP contribution in [0.15, 0.2) is 23.2 Å². The maximum atomic E-state index is 12.5. The van der Waals surface area contributed by atoms with Gasteiger partial charge in [0.1, 0.15) is 0 Å². The molecule has 9 heteroatoms. The third kappa shape index (κ3) is 6.99. The predicted octanol–water partition coefficient (Wildman–Crippen LogP) is 2.79. The number of likely N-dealkylation sites (tertiary alicyclic amines) is 1. The lowest BCUT2D eigenvalue weighted by Gasteiger charge is -2.32. The van der Waals surface area contributed by atoms with Crippen molar-refractivity contribution in [3.8, 4) is 11.5 Å². The molecule has 0 unspecified atom stereocenters. The van der Waals surface area contributed by atoms with E-state index in [1.54, 1.807) is 7.05 Å². The standard InChI is InChI=1S/C20H29F3N4O2/c1-24-19(26-9-5-16-2-3-17-18(12-16)29-14-28-17)25-8-4-15-6-10-27(11-7-15)13-20(21,22)23/h2-3,12,15H,4-11,13-14H2,1H3,(H2,24,25,26). The number of rotatable bonds is 7. The van der Waals surface area contributed by atoms with Crippen LogP contribution >= 0.6 is 0 Å². The van der Waals surface area contributed by atoms with Crippen LogP contribution in [0.5, 0.6) is 11.5 Å². The number of hydrogen-bond donors (Lipinski definition) is 2. The van der Waals surface area contributed by atoms with Crippen LogP contribution in [0.4, 0.5) is 13.2 Å². The highest BCUT2D eigenvalue weighted by molar-refractivity contribution is 5.79. The van der Waals surface area contributed by atoms with E-state index in [1.165, 1.54) is 4.90 Å². The summed E-state index contributed by atoms with van der Waals surface area (Å²) in [6, 6.07) is 5.94. The molecule has 1 aromatic carbocycles. The minimum Gasteiger partial charge on any atom is -0.454 e. The fourth-order valence-corrected chi connectivity index (χ4v) is 3.72. The van der Waals surface area contributed by atoms with Gasteiger partial charge in [0.25, 0.3) is 0 Å². The summed E-state index contributed by atoms with van der Waals surface area (Å²) in [7, 11) is 1.73. The summed E-state index contributed by atoms with van der Waals surface area (Å²) in [4.78, 5) is 5.73.